The van der Waals surface area contributed by atoms with E-state index >= 15 is 0 Å². The van der Waals surface area contributed by atoms with E-state index in [1.54, 1.807) is 18.3 Å². The Labute approximate surface area is 164 Å². The molecule has 2 aromatic carbocycles. The third-order valence-electron chi connectivity index (χ3n) is 4.76. The smallest absolute Gasteiger partial charge is 0.326 e. The molecule has 0 aliphatic carbocycles. The van der Waals surface area contributed by atoms with Gasteiger partial charge in [-0.05, 0) is 28.7 Å². The lowest BCUT2D eigenvalue weighted by Gasteiger charge is -2.20. The number of fused-ring (bicyclic) bond motifs is 1. The number of pyridine rings is 1. The van der Waals surface area contributed by atoms with Crippen LogP contribution in [0.3, 0.4) is 0 Å². The fraction of sp³-hybridized carbons (Fsp3) is 0.261. The topological polar surface area (TPSA) is 79.3 Å². The number of aromatic nitrogens is 1. The normalized spacial score (nSPS) is 12.5. The van der Waals surface area contributed by atoms with Gasteiger partial charge >= 0.3 is 5.97 Å². The predicted octanol–water partition coefficient (Wildman–Crippen LogP) is 3.96. The number of carboxylic acids is 1. The highest BCUT2D eigenvalue weighted by Crippen LogP contribution is 2.22. The van der Waals surface area contributed by atoms with Crippen molar-refractivity contribution in [3.05, 3.63) is 77.5 Å². The van der Waals surface area contributed by atoms with Gasteiger partial charge in [0.05, 0.1) is 11.1 Å². The monoisotopic (exact) mass is 376 g/mol. The molecule has 3 aromatic rings. The van der Waals surface area contributed by atoms with E-state index in [0.29, 0.717) is 16.5 Å². The van der Waals surface area contributed by atoms with Gasteiger partial charge in [-0.3, -0.25) is 9.78 Å². The van der Waals surface area contributed by atoms with Gasteiger partial charge in [-0.1, -0.05) is 63.2 Å². The zero-order valence-corrected chi connectivity index (χ0v) is 16.3. The van der Waals surface area contributed by atoms with E-state index < -0.39 is 17.9 Å². The van der Waals surface area contributed by atoms with Crippen molar-refractivity contribution < 1.29 is 14.7 Å². The van der Waals surface area contributed by atoms with Crippen molar-refractivity contribution in [1.29, 1.82) is 0 Å². The largest absolute Gasteiger partial charge is 0.480 e. The number of amides is 1. The van der Waals surface area contributed by atoms with Crippen LogP contribution in [0.15, 0.2) is 60.8 Å². The first-order chi connectivity index (χ1) is 13.3. The van der Waals surface area contributed by atoms with E-state index in [4.69, 9.17) is 0 Å². The summed E-state index contributed by atoms with van der Waals surface area (Å²) in [5, 5.41) is 12.9. The number of aliphatic carboxylic acids is 1. The highest BCUT2D eigenvalue weighted by atomic mass is 16.4. The molecular weight excluding hydrogens is 352 g/mol. The molecule has 0 fully saturated rings. The van der Waals surface area contributed by atoms with Gasteiger partial charge in [0, 0.05) is 18.0 Å². The van der Waals surface area contributed by atoms with Crippen LogP contribution in [0, 0.1) is 0 Å². The maximum Gasteiger partial charge on any atom is 0.326 e. The maximum absolute atomic E-state index is 12.7. The zero-order valence-electron chi connectivity index (χ0n) is 16.3. The lowest BCUT2D eigenvalue weighted by molar-refractivity contribution is -0.139. The van der Waals surface area contributed by atoms with Gasteiger partial charge in [-0.2, -0.15) is 0 Å². The molecule has 1 atom stereocenters. The summed E-state index contributed by atoms with van der Waals surface area (Å²) in [4.78, 5) is 28.7. The summed E-state index contributed by atoms with van der Waals surface area (Å²) in [6, 6.07) is 15.7. The van der Waals surface area contributed by atoms with Crippen molar-refractivity contribution in [2.24, 2.45) is 0 Å². The van der Waals surface area contributed by atoms with Crippen LogP contribution in [0.1, 0.15) is 42.3 Å². The summed E-state index contributed by atoms with van der Waals surface area (Å²) in [5.74, 6) is -1.48. The molecule has 0 radical (unpaired) electrons. The molecule has 144 valence electrons. The van der Waals surface area contributed by atoms with Crippen LogP contribution < -0.4 is 5.32 Å². The number of nitrogens with one attached hydrogen (secondary N) is 1. The molecule has 2 N–H and O–H groups in total. The summed E-state index contributed by atoms with van der Waals surface area (Å²) in [5.41, 5.74) is 3.18. The number of benzene rings is 2. The van der Waals surface area contributed by atoms with E-state index in [1.807, 2.05) is 42.5 Å². The van der Waals surface area contributed by atoms with Crippen molar-refractivity contribution in [3.63, 3.8) is 0 Å². The van der Waals surface area contributed by atoms with Crippen LogP contribution in [0.5, 0.6) is 0 Å². The number of para-hydroxylation sites is 1. The summed E-state index contributed by atoms with van der Waals surface area (Å²) < 4.78 is 0. The lowest BCUT2D eigenvalue weighted by atomic mass is 9.86. The standard InChI is InChI=1S/C23H24N2O3/c1-23(2,3)16-10-8-15(9-11-16)14-20(22(27)28)25-21(26)18-12-13-24-19-7-5-4-6-17(18)19/h4-13,20H,14H2,1-3H3,(H,25,26)(H,27,28)/t20-/m1/s1. The van der Waals surface area contributed by atoms with Gasteiger partial charge in [0.2, 0.25) is 0 Å². The second kappa shape index (κ2) is 7.80. The number of carboxylic acid groups (broad SMARTS) is 1. The van der Waals surface area contributed by atoms with Crippen LogP contribution >= 0.6 is 0 Å². The number of nitrogens with zero attached hydrogens (tertiary/aromatic N) is 1. The molecule has 28 heavy (non-hydrogen) atoms. The highest BCUT2D eigenvalue weighted by Gasteiger charge is 2.22. The molecule has 0 unspecified atom stereocenters. The van der Waals surface area contributed by atoms with Gasteiger partial charge < -0.3 is 10.4 Å². The molecule has 1 amide bonds. The average molecular weight is 376 g/mol. The van der Waals surface area contributed by atoms with E-state index in [0.717, 1.165) is 5.56 Å². The Morgan fingerprint density at radius 1 is 1.04 bits per heavy atom. The Hall–Kier alpha value is -3.21. The van der Waals surface area contributed by atoms with Gasteiger partial charge in [0.15, 0.2) is 0 Å². The zero-order chi connectivity index (χ0) is 20.3. The molecule has 0 aliphatic rings. The molecular formula is C23H24N2O3. The molecule has 1 heterocycles. The molecule has 0 aliphatic heterocycles. The Balaban J connectivity index is 1.79. The van der Waals surface area contributed by atoms with Gasteiger partial charge in [-0.25, -0.2) is 4.79 Å². The Bertz CT molecular complexity index is 999. The van der Waals surface area contributed by atoms with Gasteiger partial charge in [-0.15, -0.1) is 0 Å². The number of carbonyl (C=O) groups is 2. The molecule has 0 saturated heterocycles. The molecule has 3 rings (SSSR count). The first kappa shape index (κ1) is 19.5. The summed E-state index contributed by atoms with van der Waals surface area (Å²) >= 11 is 0. The third kappa shape index (κ3) is 4.36. The number of carbonyl (C=O) groups excluding carboxylic acids is 1. The van der Waals surface area contributed by atoms with Crippen LogP contribution in [0.2, 0.25) is 0 Å². The summed E-state index contributed by atoms with van der Waals surface area (Å²) in [7, 11) is 0. The first-order valence-electron chi connectivity index (χ1n) is 9.22. The number of hydrogen-bond acceptors (Lipinski definition) is 3. The van der Waals surface area contributed by atoms with E-state index in [-0.39, 0.29) is 11.8 Å². The maximum atomic E-state index is 12.7. The van der Waals surface area contributed by atoms with Gasteiger partial charge in [0.1, 0.15) is 6.04 Å². The molecule has 1 aromatic heterocycles. The second-order valence-electron chi connectivity index (χ2n) is 7.89. The van der Waals surface area contributed by atoms with Crippen molar-refractivity contribution in [2.75, 3.05) is 0 Å². The quantitative estimate of drug-likeness (QED) is 0.706. The Morgan fingerprint density at radius 3 is 2.36 bits per heavy atom. The number of rotatable bonds is 5. The molecule has 0 bridgehead atoms. The van der Waals surface area contributed by atoms with Crippen LogP contribution in [-0.2, 0) is 16.6 Å². The van der Waals surface area contributed by atoms with E-state index in [1.165, 1.54) is 5.56 Å². The third-order valence-corrected chi connectivity index (χ3v) is 4.76. The minimum absolute atomic E-state index is 0.0291. The van der Waals surface area contributed by atoms with Crippen LogP contribution in [-0.4, -0.2) is 28.0 Å². The highest BCUT2D eigenvalue weighted by molar-refractivity contribution is 6.06. The van der Waals surface area contributed by atoms with Gasteiger partial charge in [0.25, 0.3) is 5.91 Å². The van der Waals surface area contributed by atoms with Crippen LogP contribution in [0.4, 0.5) is 0 Å². The van der Waals surface area contributed by atoms with E-state index in [2.05, 4.69) is 31.1 Å². The first-order valence-corrected chi connectivity index (χ1v) is 9.22. The molecule has 0 spiro atoms. The Kier molecular flexibility index (Phi) is 5.45. The lowest BCUT2D eigenvalue weighted by Crippen LogP contribution is -2.42. The fourth-order valence-corrected chi connectivity index (χ4v) is 3.11. The van der Waals surface area contributed by atoms with E-state index in [9.17, 15) is 14.7 Å². The minimum atomic E-state index is -1.06. The Morgan fingerprint density at radius 2 is 1.71 bits per heavy atom. The molecule has 5 heteroatoms. The SMILES string of the molecule is CC(C)(C)c1ccc(C[C@@H](NC(=O)c2ccnc3ccccc23)C(=O)O)cc1. The number of hydrogen-bond donors (Lipinski definition) is 2. The fourth-order valence-electron chi connectivity index (χ4n) is 3.11. The predicted molar refractivity (Wildman–Crippen MR) is 109 cm³/mol. The van der Waals surface area contributed by atoms with Crippen molar-refractivity contribution >= 4 is 22.8 Å². The minimum Gasteiger partial charge on any atom is -0.480 e. The summed E-state index contributed by atoms with van der Waals surface area (Å²) in [6.45, 7) is 6.38. The van der Waals surface area contributed by atoms with Crippen molar-refractivity contribution in [3.8, 4) is 0 Å². The second-order valence-corrected chi connectivity index (χ2v) is 7.89. The molecule has 5 nitrogen and oxygen atoms in total. The average Bonchev–Trinajstić information content (AvgIpc) is 2.66. The van der Waals surface area contributed by atoms with Crippen LogP contribution in [0.25, 0.3) is 10.9 Å². The summed E-state index contributed by atoms with van der Waals surface area (Å²) in [6.07, 6.45) is 1.77. The van der Waals surface area contributed by atoms with Crippen molar-refractivity contribution in [2.45, 2.75) is 38.6 Å². The van der Waals surface area contributed by atoms with Crippen molar-refractivity contribution in [1.82, 2.24) is 10.3 Å². The molecule has 0 saturated carbocycles.